The minimum atomic E-state index is -2.55. The van der Waals surface area contributed by atoms with Gasteiger partial charge in [0, 0.05) is 11.3 Å². The van der Waals surface area contributed by atoms with E-state index in [0.29, 0.717) is 24.5 Å². The third-order valence-corrected chi connectivity index (χ3v) is 12.9. The predicted molar refractivity (Wildman–Crippen MR) is 149 cm³/mol. The standard InChI is InChI=1S/C27H33N5O4SSi/c1-16(2)38(17(3)4)34-15-33-13-22-21(36-38)12-23(35-22)32-26-24(25(28)29-14-30-26)27(31-32)37-20-10-9-18-7-5-6-8-19(18)11-20/h5-11,14,16-17,21-23H,12-13,15H2,1-4H3,(H2,28,29,30)/t21-,22-,23+/m0/s1. The first-order valence-electron chi connectivity index (χ1n) is 13.1. The van der Waals surface area contributed by atoms with Crippen LogP contribution in [0.2, 0.25) is 11.1 Å². The fraction of sp³-hybridized carbons (Fsp3) is 0.444. The molecule has 0 radical (unpaired) electrons. The summed E-state index contributed by atoms with van der Waals surface area (Å²) >= 11 is 1.55. The number of rotatable bonds is 5. The van der Waals surface area contributed by atoms with E-state index in [1.165, 1.54) is 17.1 Å². The van der Waals surface area contributed by atoms with Crippen LogP contribution in [0.5, 0.6) is 0 Å². The fourth-order valence-corrected chi connectivity index (χ4v) is 10.1. The minimum absolute atomic E-state index is 0.160. The van der Waals surface area contributed by atoms with E-state index in [9.17, 15) is 0 Å². The molecule has 2 saturated heterocycles. The molecule has 2 aliphatic heterocycles. The molecule has 0 spiro atoms. The van der Waals surface area contributed by atoms with Crippen molar-refractivity contribution in [1.82, 2.24) is 19.7 Å². The van der Waals surface area contributed by atoms with Gasteiger partial charge in [0.15, 0.2) is 11.9 Å². The van der Waals surface area contributed by atoms with E-state index >= 15 is 0 Å². The number of nitrogens with two attached hydrogens (primary N) is 1. The number of hydrogen-bond acceptors (Lipinski definition) is 9. The van der Waals surface area contributed by atoms with Crippen molar-refractivity contribution in [2.24, 2.45) is 0 Å². The molecule has 2 N–H and O–H groups in total. The molecule has 0 aliphatic carbocycles. The van der Waals surface area contributed by atoms with E-state index in [-0.39, 0.29) is 36.3 Å². The van der Waals surface area contributed by atoms with Crippen LogP contribution in [0.3, 0.4) is 0 Å². The highest BCUT2D eigenvalue weighted by atomic mass is 32.2. The lowest BCUT2D eigenvalue weighted by atomic mass is 10.1. The van der Waals surface area contributed by atoms with Crippen LogP contribution in [-0.2, 0) is 18.3 Å². The average Bonchev–Trinajstić information content (AvgIpc) is 3.45. The Labute approximate surface area is 227 Å². The molecule has 4 heterocycles. The van der Waals surface area contributed by atoms with Crippen LogP contribution in [0, 0.1) is 0 Å². The predicted octanol–water partition coefficient (Wildman–Crippen LogP) is 5.65. The van der Waals surface area contributed by atoms with Gasteiger partial charge in [0.05, 0.1) is 18.1 Å². The van der Waals surface area contributed by atoms with Crippen LogP contribution in [-0.4, -0.2) is 53.9 Å². The quantitative estimate of drug-likeness (QED) is 0.315. The van der Waals surface area contributed by atoms with Gasteiger partial charge >= 0.3 is 8.56 Å². The molecule has 11 heteroatoms. The minimum Gasteiger partial charge on any atom is -0.388 e. The normalized spacial score (nSPS) is 23.7. The summed E-state index contributed by atoms with van der Waals surface area (Å²) in [5, 5.41) is 8.81. The summed E-state index contributed by atoms with van der Waals surface area (Å²) in [5.74, 6) is 0.396. The zero-order chi connectivity index (χ0) is 26.4. The van der Waals surface area contributed by atoms with E-state index in [1.54, 1.807) is 11.8 Å². The molecular formula is C27H33N5O4SSi. The maximum Gasteiger partial charge on any atom is 0.345 e. The molecule has 2 aromatic carbocycles. The van der Waals surface area contributed by atoms with Gasteiger partial charge in [0.1, 0.15) is 30.1 Å². The Morgan fingerprint density at radius 2 is 1.82 bits per heavy atom. The molecule has 6 rings (SSSR count). The van der Waals surface area contributed by atoms with Gasteiger partial charge in [-0.25, -0.2) is 14.6 Å². The van der Waals surface area contributed by atoms with Crippen LogP contribution < -0.4 is 5.73 Å². The van der Waals surface area contributed by atoms with E-state index in [0.717, 1.165) is 15.3 Å². The van der Waals surface area contributed by atoms with Crippen LogP contribution in [0.4, 0.5) is 5.82 Å². The van der Waals surface area contributed by atoms with Gasteiger partial charge in [-0.3, -0.25) is 0 Å². The summed E-state index contributed by atoms with van der Waals surface area (Å²) < 4.78 is 27.4. The van der Waals surface area contributed by atoms with Crippen molar-refractivity contribution in [2.75, 3.05) is 19.1 Å². The highest BCUT2D eigenvalue weighted by molar-refractivity contribution is 7.99. The van der Waals surface area contributed by atoms with Crippen molar-refractivity contribution in [3.63, 3.8) is 0 Å². The number of ether oxygens (including phenoxy) is 2. The van der Waals surface area contributed by atoms with E-state index in [2.05, 4.69) is 68.0 Å². The summed E-state index contributed by atoms with van der Waals surface area (Å²) in [6, 6.07) is 14.7. The summed E-state index contributed by atoms with van der Waals surface area (Å²) in [4.78, 5) is 9.89. The Bertz CT molecular complexity index is 1460. The van der Waals surface area contributed by atoms with E-state index < -0.39 is 8.56 Å². The fourth-order valence-electron chi connectivity index (χ4n) is 5.54. The number of aromatic nitrogens is 4. The first-order valence-corrected chi connectivity index (χ1v) is 15.8. The Morgan fingerprint density at radius 3 is 2.61 bits per heavy atom. The molecule has 0 amide bonds. The van der Waals surface area contributed by atoms with Gasteiger partial charge < -0.3 is 24.1 Å². The Hall–Kier alpha value is -2.54. The third-order valence-electron chi connectivity index (χ3n) is 7.47. The number of nitrogens with zero attached hydrogens (tertiary/aromatic N) is 4. The van der Waals surface area contributed by atoms with Crippen molar-refractivity contribution in [2.45, 2.75) is 73.6 Å². The molecule has 0 bridgehead atoms. The van der Waals surface area contributed by atoms with Crippen molar-refractivity contribution < 1.29 is 18.3 Å². The van der Waals surface area contributed by atoms with Gasteiger partial charge in [-0.05, 0) is 34.0 Å². The molecule has 2 fully saturated rings. The maximum absolute atomic E-state index is 6.86. The lowest BCUT2D eigenvalue weighted by Crippen LogP contribution is -2.54. The highest BCUT2D eigenvalue weighted by Gasteiger charge is 2.52. The monoisotopic (exact) mass is 551 g/mol. The second kappa shape index (κ2) is 10.2. The van der Waals surface area contributed by atoms with Gasteiger partial charge in [0.25, 0.3) is 0 Å². The van der Waals surface area contributed by atoms with Crippen LogP contribution in [0.25, 0.3) is 21.8 Å². The van der Waals surface area contributed by atoms with Gasteiger partial charge in [-0.1, -0.05) is 69.8 Å². The zero-order valence-electron chi connectivity index (χ0n) is 22.0. The number of hydrogen-bond donors (Lipinski definition) is 1. The van der Waals surface area contributed by atoms with Crippen LogP contribution in [0.15, 0.2) is 58.7 Å². The molecule has 2 aliphatic rings. The zero-order valence-corrected chi connectivity index (χ0v) is 23.9. The highest BCUT2D eigenvalue weighted by Crippen LogP contribution is 2.43. The Morgan fingerprint density at radius 1 is 1.03 bits per heavy atom. The smallest absolute Gasteiger partial charge is 0.345 e. The van der Waals surface area contributed by atoms with Crippen molar-refractivity contribution in [1.29, 1.82) is 0 Å². The molecule has 2 aromatic heterocycles. The SMILES string of the molecule is CC(C)[Si]1(C(C)C)OCOC[C@@H]2O[C@@H](n3nc(Sc4ccc5ccccc5c4)c4c(N)ncnc43)C[C@@H]2O1. The number of fused-ring (bicyclic) bond motifs is 3. The number of benzene rings is 2. The van der Waals surface area contributed by atoms with E-state index in [1.807, 2.05) is 16.8 Å². The van der Waals surface area contributed by atoms with Gasteiger partial charge in [-0.2, -0.15) is 5.10 Å². The summed E-state index contributed by atoms with van der Waals surface area (Å²) in [6.07, 6.45) is 1.34. The third kappa shape index (κ3) is 4.50. The lowest BCUT2D eigenvalue weighted by Gasteiger charge is -2.41. The van der Waals surface area contributed by atoms with Crippen LogP contribution in [0.1, 0.15) is 40.3 Å². The second-order valence-electron chi connectivity index (χ2n) is 10.5. The first kappa shape index (κ1) is 25.7. The number of nitrogen functional groups attached to an aromatic ring is 1. The van der Waals surface area contributed by atoms with E-state index in [4.69, 9.17) is 29.2 Å². The summed E-state index contributed by atoms with van der Waals surface area (Å²) in [5.41, 5.74) is 7.55. The molecule has 9 nitrogen and oxygen atoms in total. The first-order chi connectivity index (χ1) is 18.4. The average molecular weight is 552 g/mol. The largest absolute Gasteiger partial charge is 0.388 e. The molecular weight excluding hydrogens is 518 g/mol. The van der Waals surface area contributed by atoms with Crippen molar-refractivity contribution in [3.8, 4) is 0 Å². The van der Waals surface area contributed by atoms with Gasteiger partial charge in [0.2, 0.25) is 0 Å². The van der Waals surface area contributed by atoms with Crippen LogP contribution >= 0.6 is 11.8 Å². The molecule has 200 valence electrons. The van der Waals surface area contributed by atoms with Gasteiger partial charge in [-0.15, -0.1) is 0 Å². The second-order valence-corrected chi connectivity index (χ2v) is 15.8. The molecule has 0 saturated carbocycles. The topological polar surface area (TPSA) is 107 Å². The molecule has 4 aromatic rings. The Balaban J connectivity index is 1.34. The summed E-state index contributed by atoms with van der Waals surface area (Å²) in [6.45, 7) is 9.32. The summed E-state index contributed by atoms with van der Waals surface area (Å²) in [7, 11) is -2.55. The lowest BCUT2D eigenvalue weighted by molar-refractivity contribution is -0.116. The molecule has 38 heavy (non-hydrogen) atoms. The maximum atomic E-state index is 6.86. The van der Waals surface area contributed by atoms with Crippen molar-refractivity contribution in [3.05, 3.63) is 48.8 Å². The Kier molecular flexibility index (Phi) is 6.91. The number of anilines is 1. The van der Waals surface area contributed by atoms with Crippen molar-refractivity contribution >= 4 is 47.9 Å². The molecule has 0 unspecified atom stereocenters. The molecule has 3 atom stereocenters.